The molecule has 1 aliphatic heterocycles. The Balaban J connectivity index is 1.98. The van der Waals surface area contributed by atoms with Crippen LogP contribution >= 0.6 is 0 Å². The molecule has 1 amide bonds. The number of hydrogen-bond acceptors (Lipinski definition) is 5. The fourth-order valence-electron chi connectivity index (χ4n) is 2.48. The van der Waals surface area contributed by atoms with Gasteiger partial charge in [-0.3, -0.25) is 4.79 Å². The Bertz CT molecular complexity index is 548. The van der Waals surface area contributed by atoms with E-state index in [1.807, 2.05) is 30.3 Å². The second-order valence-electron chi connectivity index (χ2n) is 6.96. The highest BCUT2D eigenvalue weighted by Crippen LogP contribution is 2.12. The van der Waals surface area contributed by atoms with Gasteiger partial charge in [-0.15, -0.1) is 5.48 Å². The first-order valence-corrected chi connectivity index (χ1v) is 8.33. The summed E-state index contributed by atoms with van der Waals surface area (Å²) in [6, 6.07) is 8.79. The number of esters is 1. The molecule has 1 aromatic carbocycles. The number of hydrogen-bond donors (Lipinski definition) is 1. The average molecular weight is 334 g/mol. The van der Waals surface area contributed by atoms with Crippen molar-refractivity contribution in [3.63, 3.8) is 0 Å². The van der Waals surface area contributed by atoms with E-state index in [0.717, 1.165) is 18.4 Å². The fraction of sp³-hybridized carbons (Fsp3) is 0.556. The van der Waals surface area contributed by atoms with Crippen molar-refractivity contribution in [3.8, 4) is 0 Å². The minimum absolute atomic E-state index is 0.378. The van der Waals surface area contributed by atoms with Crippen molar-refractivity contribution in [1.29, 1.82) is 0 Å². The lowest BCUT2D eigenvalue weighted by molar-refractivity contribution is -0.160. The van der Waals surface area contributed by atoms with Crippen LogP contribution in [0.5, 0.6) is 0 Å². The summed E-state index contributed by atoms with van der Waals surface area (Å²) in [6.07, 6.45) is 1.89. The molecule has 132 valence electrons. The summed E-state index contributed by atoms with van der Waals surface area (Å²) in [7, 11) is 0. The van der Waals surface area contributed by atoms with Crippen LogP contribution in [0.4, 0.5) is 4.79 Å². The van der Waals surface area contributed by atoms with Crippen molar-refractivity contribution in [2.75, 3.05) is 13.1 Å². The van der Waals surface area contributed by atoms with Gasteiger partial charge in [0.15, 0.2) is 0 Å². The normalized spacial score (nSPS) is 15.9. The van der Waals surface area contributed by atoms with E-state index in [-0.39, 0.29) is 0 Å². The third-order valence-corrected chi connectivity index (χ3v) is 3.63. The molecule has 6 heteroatoms. The van der Waals surface area contributed by atoms with Crippen LogP contribution in [0.1, 0.15) is 39.2 Å². The summed E-state index contributed by atoms with van der Waals surface area (Å²) in [5.74, 6) is -0.444. The zero-order chi connectivity index (χ0) is 17.6. The van der Waals surface area contributed by atoms with Crippen LogP contribution in [-0.2, 0) is 20.8 Å². The smallest absolute Gasteiger partial charge is 0.428 e. The predicted molar refractivity (Wildman–Crippen MR) is 90.2 cm³/mol. The van der Waals surface area contributed by atoms with Gasteiger partial charge in [-0.2, -0.15) is 0 Å². The molecule has 1 atom stereocenters. The van der Waals surface area contributed by atoms with Gasteiger partial charge in [0.05, 0.1) is 0 Å². The van der Waals surface area contributed by atoms with Crippen LogP contribution < -0.4 is 5.48 Å². The Kier molecular flexibility index (Phi) is 6.20. The van der Waals surface area contributed by atoms with Crippen LogP contribution in [0.2, 0.25) is 0 Å². The molecule has 0 aromatic heterocycles. The summed E-state index contributed by atoms with van der Waals surface area (Å²) in [5, 5.41) is 0. The molecule has 0 saturated carbocycles. The van der Waals surface area contributed by atoms with E-state index in [1.165, 1.54) is 0 Å². The first-order chi connectivity index (χ1) is 11.3. The molecule has 1 heterocycles. The van der Waals surface area contributed by atoms with Gasteiger partial charge >= 0.3 is 12.1 Å². The van der Waals surface area contributed by atoms with Crippen molar-refractivity contribution in [3.05, 3.63) is 35.9 Å². The molecular weight excluding hydrogens is 308 g/mol. The van der Waals surface area contributed by atoms with E-state index >= 15 is 0 Å². The monoisotopic (exact) mass is 334 g/mol. The third kappa shape index (κ3) is 5.85. The molecule has 0 aliphatic carbocycles. The van der Waals surface area contributed by atoms with Crippen LogP contribution in [0.3, 0.4) is 0 Å². The van der Waals surface area contributed by atoms with Gasteiger partial charge in [-0.05, 0) is 39.2 Å². The summed E-state index contributed by atoms with van der Waals surface area (Å²) < 4.78 is 5.42. The molecule has 1 unspecified atom stereocenters. The van der Waals surface area contributed by atoms with E-state index in [9.17, 15) is 9.59 Å². The number of ether oxygens (including phenoxy) is 1. The standard InChI is InChI=1S/C18H26N2O4/c1-18(2,3)23-16(21)15(13-14-9-5-4-6-10-14)19-24-17(22)20-11-7-8-12-20/h4-6,9-10,15,19H,7-8,11-13H2,1-3H3. The number of hydroxylamine groups is 1. The van der Waals surface area contributed by atoms with Crippen molar-refractivity contribution < 1.29 is 19.2 Å². The lowest BCUT2D eigenvalue weighted by atomic mass is 10.1. The highest BCUT2D eigenvalue weighted by atomic mass is 16.7. The van der Waals surface area contributed by atoms with E-state index in [1.54, 1.807) is 25.7 Å². The Morgan fingerprint density at radius 2 is 1.79 bits per heavy atom. The number of nitrogens with one attached hydrogen (secondary N) is 1. The molecule has 0 bridgehead atoms. The Hall–Kier alpha value is -2.08. The second kappa shape index (κ2) is 8.15. The minimum Gasteiger partial charge on any atom is -0.459 e. The zero-order valence-electron chi connectivity index (χ0n) is 14.6. The Morgan fingerprint density at radius 3 is 2.38 bits per heavy atom. The number of rotatable bonds is 5. The lowest BCUT2D eigenvalue weighted by Crippen LogP contribution is -2.45. The summed E-state index contributed by atoms with van der Waals surface area (Å²) in [5.41, 5.74) is 2.95. The maximum absolute atomic E-state index is 12.4. The first kappa shape index (κ1) is 18.3. The summed E-state index contributed by atoms with van der Waals surface area (Å²) >= 11 is 0. The van der Waals surface area contributed by atoms with Gasteiger partial charge in [-0.25, -0.2) is 4.79 Å². The molecular formula is C18H26N2O4. The number of carbonyl (C=O) groups excluding carboxylic acids is 2. The molecule has 1 N–H and O–H groups in total. The highest BCUT2D eigenvalue weighted by Gasteiger charge is 2.28. The van der Waals surface area contributed by atoms with Gasteiger partial charge in [0.2, 0.25) is 0 Å². The third-order valence-electron chi connectivity index (χ3n) is 3.63. The van der Waals surface area contributed by atoms with Crippen LogP contribution in [0.25, 0.3) is 0 Å². The Labute approximate surface area is 143 Å². The van der Waals surface area contributed by atoms with Crippen molar-refractivity contribution >= 4 is 12.1 Å². The lowest BCUT2D eigenvalue weighted by Gasteiger charge is -2.25. The van der Waals surface area contributed by atoms with Gasteiger partial charge in [-0.1, -0.05) is 30.3 Å². The van der Waals surface area contributed by atoms with Crippen molar-refractivity contribution in [1.82, 2.24) is 10.4 Å². The van der Waals surface area contributed by atoms with Crippen molar-refractivity contribution in [2.24, 2.45) is 0 Å². The quantitative estimate of drug-likeness (QED) is 0.662. The number of benzene rings is 1. The molecule has 1 fully saturated rings. The summed E-state index contributed by atoms with van der Waals surface area (Å²) in [4.78, 5) is 31.2. The SMILES string of the molecule is CC(C)(C)OC(=O)C(Cc1ccccc1)NOC(=O)N1CCCC1. The van der Waals surface area contributed by atoms with Crippen LogP contribution in [0, 0.1) is 0 Å². The van der Waals surface area contributed by atoms with Crippen molar-refractivity contribution in [2.45, 2.75) is 51.7 Å². The maximum atomic E-state index is 12.4. The van der Waals surface area contributed by atoms with E-state index < -0.39 is 23.7 Å². The van der Waals surface area contributed by atoms with E-state index in [4.69, 9.17) is 9.57 Å². The number of amides is 1. The highest BCUT2D eigenvalue weighted by molar-refractivity contribution is 5.77. The second-order valence-corrected chi connectivity index (χ2v) is 6.96. The molecule has 0 spiro atoms. The predicted octanol–water partition coefficient (Wildman–Crippen LogP) is 2.68. The molecule has 1 aliphatic rings. The summed E-state index contributed by atoms with van der Waals surface area (Å²) in [6.45, 7) is 6.80. The maximum Gasteiger partial charge on any atom is 0.428 e. The number of carbonyl (C=O) groups is 2. The molecule has 1 aromatic rings. The number of nitrogens with zero attached hydrogens (tertiary/aromatic N) is 1. The van der Waals surface area contributed by atoms with E-state index in [2.05, 4.69) is 5.48 Å². The molecule has 6 nitrogen and oxygen atoms in total. The fourth-order valence-corrected chi connectivity index (χ4v) is 2.48. The minimum atomic E-state index is -0.752. The van der Waals surface area contributed by atoms with Gasteiger partial charge in [0.1, 0.15) is 11.6 Å². The van der Waals surface area contributed by atoms with Gasteiger partial charge in [0, 0.05) is 19.5 Å². The number of likely N-dealkylation sites (tertiary alicyclic amines) is 1. The van der Waals surface area contributed by atoms with Crippen LogP contribution in [0.15, 0.2) is 30.3 Å². The topological polar surface area (TPSA) is 67.9 Å². The van der Waals surface area contributed by atoms with E-state index in [0.29, 0.717) is 19.5 Å². The largest absolute Gasteiger partial charge is 0.459 e. The molecule has 2 rings (SSSR count). The first-order valence-electron chi connectivity index (χ1n) is 8.33. The Morgan fingerprint density at radius 1 is 1.17 bits per heavy atom. The molecule has 1 saturated heterocycles. The van der Waals surface area contributed by atoms with Crippen LogP contribution in [-0.4, -0.2) is 41.7 Å². The molecule has 0 radical (unpaired) electrons. The van der Waals surface area contributed by atoms with Gasteiger partial charge in [0.25, 0.3) is 0 Å². The zero-order valence-corrected chi connectivity index (χ0v) is 14.6. The average Bonchev–Trinajstić information content (AvgIpc) is 3.04. The molecule has 24 heavy (non-hydrogen) atoms. The van der Waals surface area contributed by atoms with Gasteiger partial charge < -0.3 is 14.5 Å².